The van der Waals surface area contributed by atoms with E-state index < -0.39 is 25.8 Å². The van der Waals surface area contributed by atoms with Crippen molar-refractivity contribution in [2.24, 2.45) is 0 Å². The number of ether oxygens (including phenoxy) is 1. The van der Waals surface area contributed by atoms with Crippen LogP contribution in [0.15, 0.2) is 18.3 Å². The number of carbonyl (C=O) groups is 1. The van der Waals surface area contributed by atoms with Gasteiger partial charge in [0.15, 0.2) is 5.82 Å². The first-order chi connectivity index (χ1) is 12.6. The molecule has 1 amide bonds. The molecule has 3 rings (SSSR count). The van der Waals surface area contributed by atoms with E-state index in [2.05, 4.69) is 4.98 Å². The highest BCUT2D eigenvalue weighted by molar-refractivity contribution is 6.88. The molecule has 144 valence electrons. The van der Waals surface area contributed by atoms with Crippen LogP contribution in [0.4, 0.5) is 13.6 Å². The van der Waals surface area contributed by atoms with E-state index in [9.17, 15) is 9.18 Å². The lowest BCUT2D eigenvalue weighted by Gasteiger charge is -2.30. The Bertz CT molecular complexity index is 910. The fourth-order valence-electron chi connectivity index (χ4n) is 3.70. The number of aryl methyl sites for hydroxylation is 1. The number of halogens is 2. The fourth-order valence-corrected chi connectivity index (χ4v) is 5.26. The average molecular weight is 391 g/mol. The number of amides is 1. The number of nitrogens with zero attached hydrogens (tertiary/aromatic N) is 2. The Labute approximate surface area is 159 Å². The Hall–Kier alpha value is -2.28. The van der Waals surface area contributed by atoms with E-state index in [-0.39, 0.29) is 10.9 Å². The molecule has 0 bridgehead atoms. The number of methoxy groups -OCH3 is 1. The summed E-state index contributed by atoms with van der Waals surface area (Å²) in [4.78, 5) is 17.7. The molecular weight excluding hydrogens is 366 g/mol. The molecule has 0 saturated heterocycles. The zero-order chi connectivity index (χ0) is 19.9. The predicted molar refractivity (Wildman–Crippen MR) is 104 cm³/mol. The maximum absolute atomic E-state index is 15.3. The van der Waals surface area contributed by atoms with E-state index in [1.54, 1.807) is 4.90 Å². The summed E-state index contributed by atoms with van der Waals surface area (Å²) >= 11 is 0. The van der Waals surface area contributed by atoms with Crippen LogP contribution in [0.1, 0.15) is 16.7 Å². The largest absolute Gasteiger partial charge is 0.453 e. The van der Waals surface area contributed by atoms with Crippen molar-refractivity contribution in [3.8, 4) is 11.3 Å². The van der Waals surface area contributed by atoms with Crippen molar-refractivity contribution in [1.82, 2.24) is 9.88 Å². The van der Waals surface area contributed by atoms with Crippen LogP contribution in [0, 0.1) is 18.6 Å². The highest BCUT2D eigenvalue weighted by atomic mass is 28.3. The van der Waals surface area contributed by atoms with Crippen LogP contribution in [-0.4, -0.2) is 37.7 Å². The Morgan fingerprint density at radius 2 is 1.93 bits per heavy atom. The molecule has 0 aliphatic carbocycles. The van der Waals surface area contributed by atoms with Gasteiger partial charge in [-0.2, -0.15) is 0 Å². The van der Waals surface area contributed by atoms with Crippen LogP contribution in [0.3, 0.4) is 0 Å². The molecule has 1 aliphatic rings. The van der Waals surface area contributed by atoms with Gasteiger partial charge in [-0.25, -0.2) is 13.6 Å². The second-order valence-corrected chi connectivity index (χ2v) is 12.9. The first-order valence-electron chi connectivity index (χ1n) is 8.94. The standard InChI is InChI=1S/C20H24F2N2O2Si/c1-12-6-7-14(15-11-24(20(25)26-2)9-8-13(12)15)18-17(22)19(27(3,4)5)16(21)10-23-18/h6-7,10H,8-9,11H2,1-5H3. The van der Waals surface area contributed by atoms with Gasteiger partial charge in [-0.1, -0.05) is 31.8 Å². The van der Waals surface area contributed by atoms with E-state index in [1.165, 1.54) is 7.11 Å². The molecule has 0 spiro atoms. The Kier molecular flexibility index (Phi) is 5.07. The van der Waals surface area contributed by atoms with E-state index >= 15 is 4.39 Å². The molecule has 0 fully saturated rings. The number of hydrogen-bond acceptors (Lipinski definition) is 3. The molecular formula is C20H24F2N2O2Si. The van der Waals surface area contributed by atoms with Crippen LogP contribution < -0.4 is 5.19 Å². The minimum atomic E-state index is -2.24. The van der Waals surface area contributed by atoms with E-state index in [4.69, 9.17) is 4.74 Å². The van der Waals surface area contributed by atoms with Crippen molar-refractivity contribution in [1.29, 1.82) is 0 Å². The van der Waals surface area contributed by atoms with Gasteiger partial charge in [0.2, 0.25) is 0 Å². The zero-order valence-corrected chi connectivity index (χ0v) is 17.3. The van der Waals surface area contributed by atoms with Gasteiger partial charge >= 0.3 is 6.09 Å². The van der Waals surface area contributed by atoms with Gasteiger partial charge in [0.25, 0.3) is 0 Å². The molecule has 27 heavy (non-hydrogen) atoms. The van der Waals surface area contributed by atoms with Gasteiger partial charge in [-0.3, -0.25) is 4.98 Å². The van der Waals surface area contributed by atoms with Gasteiger partial charge in [-0.05, 0) is 30.0 Å². The van der Waals surface area contributed by atoms with Crippen molar-refractivity contribution in [2.75, 3.05) is 13.7 Å². The molecule has 0 unspecified atom stereocenters. The Balaban J connectivity index is 2.19. The van der Waals surface area contributed by atoms with Gasteiger partial charge in [0, 0.05) is 23.8 Å². The summed E-state index contributed by atoms with van der Waals surface area (Å²) in [5.74, 6) is -1.18. The van der Waals surface area contributed by atoms with Crippen molar-refractivity contribution in [2.45, 2.75) is 39.5 Å². The summed E-state index contributed by atoms with van der Waals surface area (Å²) in [5, 5.41) is 0.155. The van der Waals surface area contributed by atoms with Crippen LogP contribution in [-0.2, 0) is 17.7 Å². The number of aromatic nitrogens is 1. The normalized spacial score (nSPS) is 14.1. The number of hydrogen-bond donors (Lipinski definition) is 0. The van der Waals surface area contributed by atoms with Crippen molar-refractivity contribution >= 4 is 19.4 Å². The summed E-state index contributed by atoms with van der Waals surface area (Å²) in [7, 11) is -0.901. The molecule has 0 N–H and O–H groups in total. The van der Waals surface area contributed by atoms with Crippen LogP contribution in [0.25, 0.3) is 11.3 Å². The minimum Gasteiger partial charge on any atom is -0.453 e. The number of pyridine rings is 1. The number of fused-ring (bicyclic) bond motifs is 1. The van der Waals surface area contributed by atoms with E-state index in [0.29, 0.717) is 25.1 Å². The van der Waals surface area contributed by atoms with Crippen molar-refractivity contribution in [3.63, 3.8) is 0 Å². The molecule has 4 nitrogen and oxygen atoms in total. The molecule has 1 aromatic carbocycles. The fraction of sp³-hybridized carbons (Fsp3) is 0.400. The summed E-state index contributed by atoms with van der Waals surface area (Å²) < 4.78 is 34.5. The topological polar surface area (TPSA) is 42.4 Å². The monoisotopic (exact) mass is 390 g/mol. The lowest BCUT2D eigenvalue weighted by Crippen LogP contribution is -2.43. The number of benzene rings is 1. The first-order valence-corrected chi connectivity index (χ1v) is 12.4. The lowest BCUT2D eigenvalue weighted by atomic mass is 9.89. The summed E-state index contributed by atoms with van der Waals surface area (Å²) in [6.07, 6.45) is 1.36. The van der Waals surface area contributed by atoms with Gasteiger partial charge < -0.3 is 9.64 Å². The third-order valence-corrected chi connectivity index (χ3v) is 7.02. The smallest absolute Gasteiger partial charge is 0.409 e. The second kappa shape index (κ2) is 7.03. The number of carbonyl (C=O) groups excluding carboxylic acids is 1. The molecule has 2 aromatic rings. The van der Waals surface area contributed by atoms with Gasteiger partial charge in [0.05, 0.1) is 21.4 Å². The van der Waals surface area contributed by atoms with Crippen molar-refractivity contribution in [3.05, 3.63) is 46.7 Å². The van der Waals surface area contributed by atoms with Crippen LogP contribution >= 0.6 is 0 Å². The highest BCUT2D eigenvalue weighted by Crippen LogP contribution is 2.33. The molecule has 0 radical (unpaired) electrons. The predicted octanol–water partition coefficient (Wildman–Crippen LogP) is 4.00. The van der Waals surface area contributed by atoms with Crippen LogP contribution in [0.2, 0.25) is 19.6 Å². The van der Waals surface area contributed by atoms with Crippen molar-refractivity contribution < 1.29 is 18.3 Å². The van der Waals surface area contributed by atoms with E-state index in [0.717, 1.165) is 22.9 Å². The Morgan fingerprint density at radius 1 is 1.22 bits per heavy atom. The van der Waals surface area contributed by atoms with E-state index in [1.807, 2.05) is 38.7 Å². The molecule has 0 atom stereocenters. The van der Waals surface area contributed by atoms with Crippen LogP contribution in [0.5, 0.6) is 0 Å². The highest BCUT2D eigenvalue weighted by Gasteiger charge is 2.30. The third kappa shape index (κ3) is 3.48. The lowest BCUT2D eigenvalue weighted by molar-refractivity contribution is 0.118. The van der Waals surface area contributed by atoms with Gasteiger partial charge in [0.1, 0.15) is 11.5 Å². The summed E-state index contributed by atoms with van der Waals surface area (Å²) in [6, 6.07) is 3.74. The molecule has 1 aliphatic heterocycles. The van der Waals surface area contributed by atoms with Gasteiger partial charge in [-0.15, -0.1) is 0 Å². The first kappa shape index (κ1) is 19.5. The second-order valence-electron chi connectivity index (χ2n) is 7.92. The zero-order valence-electron chi connectivity index (χ0n) is 16.3. The summed E-state index contributed by atoms with van der Waals surface area (Å²) in [5.41, 5.74) is 3.79. The summed E-state index contributed by atoms with van der Waals surface area (Å²) in [6.45, 7) is 8.58. The molecule has 7 heteroatoms. The molecule has 2 heterocycles. The maximum Gasteiger partial charge on any atom is 0.409 e. The number of rotatable bonds is 2. The Morgan fingerprint density at radius 3 is 2.56 bits per heavy atom. The average Bonchev–Trinajstić information content (AvgIpc) is 2.61. The molecule has 1 aromatic heterocycles. The maximum atomic E-state index is 15.3. The minimum absolute atomic E-state index is 0.150. The third-order valence-electron chi connectivity index (χ3n) is 5.06. The molecule has 0 saturated carbocycles. The quantitative estimate of drug-likeness (QED) is 0.728. The SMILES string of the molecule is COC(=O)N1CCc2c(C)ccc(-c3ncc(F)c([Si](C)(C)C)c3F)c2C1.